The molecule has 0 bridgehead atoms. The van der Waals surface area contributed by atoms with Crippen LogP contribution in [-0.2, 0) is 4.79 Å². The summed E-state index contributed by atoms with van der Waals surface area (Å²) in [5, 5.41) is 7.13. The maximum absolute atomic E-state index is 8.00. The van der Waals surface area contributed by atoms with Crippen molar-refractivity contribution in [2.24, 2.45) is 0 Å². The Balaban J connectivity index is 0.000000291. The number of hydrogen-bond acceptors (Lipinski definition) is 3. The summed E-state index contributed by atoms with van der Waals surface area (Å²) in [5.74, 6) is 0. The topological polar surface area (TPSA) is 29.1 Å². The van der Waals surface area contributed by atoms with Gasteiger partial charge in [0.1, 0.15) is 6.79 Å². The number of anilines is 1. The molecule has 0 atom stereocenters. The van der Waals surface area contributed by atoms with Crippen LogP contribution in [0, 0.1) is 0 Å². The second kappa shape index (κ2) is 5.31. The first kappa shape index (κ1) is 8.17. The molecule has 1 N–H and O–H groups in total. The van der Waals surface area contributed by atoms with Crippen molar-refractivity contribution in [2.45, 2.75) is 0 Å². The number of rotatable bonds is 1. The summed E-state index contributed by atoms with van der Waals surface area (Å²) in [4.78, 5) is 8.00. The van der Waals surface area contributed by atoms with Crippen molar-refractivity contribution in [3.05, 3.63) is 16.8 Å². The van der Waals surface area contributed by atoms with Gasteiger partial charge >= 0.3 is 0 Å². The number of carbonyl (C=O) groups excluding carboxylic acids is 1. The molecule has 0 aliphatic heterocycles. The van der Waals surface area contributed by atoms with Crippen LogP contribution in [0.25, 0.3) is 0 Å². The molecule has 0 unspecified atom stereocenters. The van der Waals surface area contributed by atoms with Gasteiger partial charge in [0.05, 0.1) is 0 Å². The first-order valence-corrected chi connectivity index (χ1v) is 3.36. The van der Waals surface area contributed by atoms with Crippen LogP contribution in [0.5, 0.6) is 0 Å². The summed E-state index contributed by atoms with van der Waals surface area (Å²) in [6.07, 6.45) is 0. The molecule has 0 aromatic carbocycles. The fourth-order valence-electron chi connectivity index (χ4n) is 0.407. The van der Waals surface area contributed by atoms with Crippen LogP contribution < -0.4 is 5.32 Å². The van der Waals surface area contributed by atoms with Gasteiger partial charge in [-0.2, -0.15) is 11.3 Å². The Bertz CT molecular complexity index is 139. The molecule has 0 saturated heterocycles. The van der Waals surface area contributed by atoms with Crippen LogP contribution in [0.2, 0.25) is 0 Å². The molecule has 1 aromatic heterocycles. The summed E-state index contributed by atoms with van der Waals surface area (Å²) in [5.41, 5.74) is 1.20. The van der Waals surface area contributed by atoms with Gasteiger partial charge in [0.25, 0.3) is 0 Å². The molecule has 50 valence electrons. The van der Waals surface area contributed by atoms with Gasteiger partial charge in [-0.15, -0.1) is 0 Å². The van der Waals surface area contributed by atoms with E-state index in [1.165, 1.54) is 5.69 Å². The molecular formula is C6H9NOS. The van der Waals surface area contributed by atoms with Crippen molar-refractivity contribution < 1.29 is 4.79 Å². The van der Waals surface area contributed by atoms with Crippen molar-refractivity contribution in [1.82, 2.24) is 0 Å². The van der Waals surface area contributed by atoms with Gasteiger partial charge in [0, 0.05) is 18.1 Å². The lowest BCUT2D eigenvalue weighted by Crippen LogP contribution is -1.81. The Kier molecular flexibility index (Phi) is 4.82. The summed E-state index contributed by atoms with van der Waals surface area (Å²) in [7, 11) is 1.92. The number of hydrogen-bond donors (Lipinski definition) is 1. The van der Waals surface area contributed by atoms with Crippen molar-refractivity contribution in [1.29, 1.82) is 0 Å². The highest BCUT2D eigenvalue weighted by molar-refractivity contribution is 7.08. The Labute approximate surface area is 58.5 Å². The van der Waals surface area contributed by atoms with Crippen molar-refractivity contribution in [3.8, 4) is 0 Å². The normalized spacial score (nSPS) is 7.22. The van der Waals surface area contributed by atoms with E-state index in [1.54, 1.807) is 11.3 Å². The molecule has 2 nitrogen and oxygen atoms in total. The van der Waals surface area contributed by atoms with E-state index in [2.05, 4.69) is 10.7 Å². The lowest BCUT2D eigenvalue weighted by molar-refractivity contribution is -0.0979. The van der Waals surface area contributed by atoms with Crippen molar-refractivity contribution in [2.75, 3.05) is 12.4 Å². The largest absolute Gasteiger partial charge is 0.387 e. The molecule has 0 amide bonds. The number of thiophene rings is 1. The fourth-order valence-corrected chi connectivity index (χ4v) is 1.05. The van der Waals surface area contributed by atoms with Gasteiger partial charge in [0.2, 0.25) is 0 Å². The molecular weight excluding hydrogens is 134 g/mol. The minimum atomic E-state index is 1.20. The van der Waals surface area contributed by atoms with Crippen molar-refractivity contribution >= 4 is 23.8 Å². The van der Waals surface area contributed by atoms with E-state index in [9.17, 15) is 0 Å². The molecule has 0 aliphatic carbocycles. The molecule has 0 fully saturated rings. The molecule has 1 rings (SSSR count). The molecule has 0 aliphatic rings. The van der Waals surface area contributed by atoms with Crippen LogP contribution in [-0.4, -0.2) is 13.8 Å². The smallest absolute Gasteiger partial charge is 0.106 e. The maximum Gasteiger partial charge on any atom is 0.106 e. The van der Waals surface area contributed by atoms with E-state index in [-0.39, 0.29) is 0 Å². The van der Waals surface area contributed by atoms with Crippen molar-refractivity contribution in [3.63, 3.8) is 0 Å². The minimum Gasteiger partial charge on any atom is -0.387 e. The van der Waals surface area contributed by atoms with E-state index in [0.29, 0.717) is 0 Å². The summed E-state index contributed by atoms with van der Waals surface area (Å²) >= 11 is 1.70. The molecule has 1 heterocycles. The van der Waals surface area contributed by atoms with Gasteiger partial charge in [-0.3, -0.25) is 0 Å². The minimum absolute atomic E-state index is 1.20. The van der Waals surface area contributed by atoms with Crippen LogP contribution in [0.15, 0.2) is 16.8 Å². The second-order valence-corrected chi connectivity index (χ2v) is 2.04. The predicted molar refractivity (Wildman–Crippen MR) is 41.0 cm³/mol. The third-order valence-corrected chi connectivity index (χ3v) is 1.49. The Morgan fingerprint density at radius 2 is 2.33 bits per heavy atom. The van der Waals surface area contributed by atoms with E-state index in [0.717, 1.165) is 0 Å². The van der Waals surface area contributed by atoms with Gasteiger partial charge in [-0.05, 0) is 11.4 Å². The maximum atomic E-state index is 8.00. The highest BCUT2D eigenvalue weighted by Gasteiger charge is 1.80. The van der Waals surface area contributed by atoms with Crippen LogP contribution in [0.4, 0.5) is 5.69 Å². The van der Waals surface area contributed by atoms with Crippen LogP contribution in [0.1, 0.15) is 0 Å². The first-order chi connectivity index (χ1) is 4.43. The average Bonchev–Trinajstić information content (AvgIpc) is 2.43. The molecule has 0 radical (unpaired) electrons. The zero-order chi connectivity index (χ0) is 7.11. The summed E-state index contributed by atoms with van der Waals surface area (Å²) in [6, 6.07) is 2.05. The van der Waals surface area contributed by atoms with E-state index < -0.39 is 0 Å². The van der Waals surface area contributed by atoms with Crippen LogP contribution in [0.3, 0.4) is 0 Å². The van der Waals surface area contributed by atoms with E-state index >= 15 is 0 Å². The zero-order valence-corrected chi connectivity index (χ0v) is 6.07. The number of nitrogens with one attached hydrogen (secondary N) is 1. The molecule has 1 aromatic rings. The Morgan fingerprint density at radius 1 is 1.67 bits per heavy atom. The molecule has 9 heavy (non-hydrogen) atoms. The van der Waals surface area contributed by atoms with E-state index in [1.807, 2.05) is 25.3 Å². The Morgan fingerprint density at radius 3 is 2.56 bits per heavy atom. The quantitative estimate of drug-likeness (QED) is 0.647. The van der Waals surface area contributed by atoms with Gasteiger partial charge < -0.3 is 10.1 Å². The standard InChI is InChI=1S/C5H7NS.CH2O/c1-6-5-2-3-7-4-5;1-2/h2-4,6H,1H3;1H2. The summed E-state index contributed by atoms with van der Waals surface area (Å²) < 4.78 is 0. The van der Waals surface area contributed by atoms with Gasteiger partial charge in [0.15, 0.2) is 0 Å². The average molecular weight is 143 g/mol. The summed E-state index contributed by atoms with van der Waals surface area (Å²) in [6.45, 7) is 2.00. The van der Waals surface area contributed by atoms with E-state index in [4.69, 9.17) is 4.79 Å². The van der Waals surface area contributed by atoms with Gasteiger partial charge in [-0.25, -0.2) is 0 Å². The third kappa shape index (κ3) is 2.87. The lowest BCUT2D eigenvalue weighted by Gasteiger charge is -1.86. The SMILES string of the molecule is C=O.CNc1ccsc1. The lowest BCUT2D eigenvalue weighted by atomic mass is 10.5. The first-order valence-electron chi connectivity index (χ1n) is 2.42. The zero-order valence-electron chi connectivity index (χ0n) is 5.26. The van der Waals surface area contributed by atoms with Gasteiger partial charge in [-0.1, -0.05) is 0 Å². The monoisotopic (exact) mass is 143 g/mol. The fraction of sp³-hybridized carbons (Fsp3) is 0.167. The molecule has 3 heteroatoms. The highest BCUT2D eigenvalue weighted by atomic mass is 32.1. The number of carbonyl (C=O) groups is 1. The third-order valence-electron chi connectivity index (χ3n) is 0.810. The predicted octanol–water partition coefficient (Wildman–Crippen LogP) is 1.60. The Hall–Kier alpha value is -0.830. The second-order valence-electron chi connectivity index (χ2n) is 1.26. The molecule has 0 saturated carbocycles. The highest BCUT2D eigenvalue weighted by Crippen LogP contribution is 2.09. The van der Waals surface area contributed by atoms with Crippen LogP contribution >= 0.6 is 11.3 Å². The molecule has 0 spiro atoms.